The van der Waals surface area contributed by atoms with Crippen molar-refractivity contribution >= 4 is 17.9 Å². The van der Waals surface area contributed by atoms with Crippen LogP contribution in [0.25, 0.3) is 0 Å². The summed E-state index contributed by atoms with van der Waals surface area (Å²) in [5.74, 6) is -4.06. The Morgan fingerprint density at radius 2 is 1.84 bits per heavy atom. The van der Waals surface area contributed by atoms with E-state index in [1.54, 1.807) is 19.9 Å². The van der Waals surface area contributed by atoms with Gasteiger partial charge in [-0.1, -0.05) is 40.7 Å². The van der Waals surface area contributed by atoms with Crippen LogP contribution in [0.5, 0.6) is 0 Å². The van der Waals surface area contributed by atoms with Gasteiger partial charge in [0.05, 0.1) is 6.10 Å². The molecule has 0 aromatic carbocycles. The van der Waals surface area contributed by atoms with E-state index in [4.69, 9.17) is 14.2 Å². The molecule has 2 bridgehead atoms. The molecule has 4 fully saturated rings. The van der Waals surface area contributed by atoms with Crippen LogP contribution in [0.15, 0.2) is 23.6 Å². The molecule has 6 aliphatic rings. The molecule has 0 spiro atoms. The Labute approximate surface area is 257 Å². The first kappa shape index (κ1) is 31.2. The first-order chi connectivity index (χ1) is 20.4. The lowest BCUT2D eigenvalue weighted by molar-refractivity contribution is -0.229. The molecular weight excluding hydrogens is 572 g/mol. The van der Waals surface area contributed by atoms with Gasteiger partial charge in [-0.15, -0.1) is 0 Å². The molecule has 0 radical (unpaired) electrons. The maximum Gasteiger partial charge on any atom is 0.509 e. The molecule has 0 unspecified atom stereocenters. The number of esters is 1. The second-order valence-electron chi connectivity index (χ2n) is 15.6. The molecule has 240 valence electrons. The summed E-state index contributed by atoms with van der Waals surface area (Å²) in [6.07, 6.45) is 1.29. The van der Waals surface area contributed by atoms with Gasteiger partial charge in [0.1, 0.15) is 18.0 Å². The minimum absolute atomic E-state index is 0.0410. The van der Waals surface area contributed by atoms with Crippen LogP contribution in [0.2, 0.25) is 0 Å². The first-order valence-corrected chi connectivity index (χ1v) is 15.8. The van der Waals surface area contributed by atoms with Crippen LogP contribution in [-0.4, -0.2) is 53.1 Å². The lowest BCUT2D eigenvalue weighted by Gasteiger charge is -2.62. The fourth-order valence-corrected chi connectivity index (χ4v) is 11.0. The number of ketones is 1. The van der Waals surface area contributed by atoms with Crippen LogP contribution in [0.4, 0.5) is 13.6 Å². The Morgan fingerprint density at radius 3 is 2.45 bits per heavy atom. The molecule has 44 heavy (non-hydrogen) atoms. The second kappa shape index (κ2) is 9.60. The zero-order valence-electron chi connectivity index (χ0n) is 26.4. The SMILES string of the molecule is C[C@@H]1C[C@H]2[C@@H]3CC(F)=C4CC(=O)C=C[C@]4(C)[C@@]3(F)[C@@H](O)C[C@]2(C)[C@@]1(OC(=O)O[C@H]1C[C@@H]2CC[C@@]1(C)C2(C)C)C(=O)OCC#N. The van der Waals surface area contributed by atoms with Gasteiger partial charge in [-0.3, -0.25) is 4.79 Å². The number of nitrogens with zero attached hydrogens (tertiary/aromatic N) is 1. The van der Waals surface area contributed by atoms with Crippen molar-refractivity contribution in [2.75, 3.05) is 6.61 Å². The summed E-state index contributed by atoms with van der Waals surface area (Å²) in [4.78, 5) is 39.9. The van der Waals surface area contributed by atoms with E-state index in [2.05, 4.69) is 20.8 Å². The monoisotopic (exact) mass is 615 g/mol. The Hall–Kier alpha value is -2.80. The van der Waals surface area contributed by atoms with Crippen LogP contribution >= 0.6 is 0 Å². The third kappa shape index (κ3) is 3.59. The summed E-state index contributed by atoms with van der Waals surface area (Å²) in [5, 5.41) is 20.9. The molecule has 6 aliphatic carbocycles. The maximum atomic E-state index is 17.7. The van der Waals surface area contributed by atoms with E-state index in [1.807, 2.05) is 0 Å². The Balaban J connectivity index is 1.39. The predicted octanol–water partition coefficient (Wildman–Crippen LogP) is 6.07. The molecule has 0 heterocycles. The lowest BCUT2D eigenvalue weighted by Crippen LogP contribution is -2.70. The van der Waals surface area contributed by atoms with Crippen LogP contribution in [-0.2, 0) is 23.8 Å². The summed E-state index contributed by atoms with van der Waals surface area (Å²) in [6, 6.07) is 1.77. The van der Waals surface area contributed by atoms with Gasteiger partial charge in [-0.2, -0.15) is 5.26 Å². The fraction of sp³-hybridized carbons (Fsp3) is 0.765. The summed E-state index contributed by atoms with van der Waals surface area (Å²) in [7, 11) is 0. The Kier molecular flexibility index (Phi) is 6.81. The average molecular weight is 616 g/mol. The third-order valence-electron chi connectivity index (χ3n) is 14.0. The summed E-state index contributed by atoms with van der Waals surface area (Å²) < 4.78 is 50.9. The highest BCUT2D eigenvalue weighted by Crippen LogP contribution is 2.72. The standard InChI is InChI=1S/C34H43F2NO7/c1-18-13-21-22-16-24(35)23-15-20(38)8-10-30(23,4)33(22,36)25(39)17-32(21,6)34(18,27(40)42-12-11-37)44-28(41)43-26-14-19-7-9-31(26,5)29(19,2)3/h8,10,18-19,21-22,25-26,39H,7,9,12-17H2,1-6H3/t18-,19+,21+,22+,25+,26+,30+,31-,32+,33+,34+/m1/s1. The van der Waals surface area contributed by atoms with Gasteiger partial charge in [0.15, 0.2) is 18.1 Å². The molecule has 0 saturated heterocycles. The Bertz CT molecular complexity index is 1420. The van der Waals surface area contributed by atoms with E-state index in [-0.39, 0.29) is 47.9 Å². The summed E-state index contributed by atoms with van der Waals surface area (Å²) >= 11 is 0. The van der Waals surface area contributed by atoms with Crippen molar-refractivity contribution in [1.29, 1.82) is 5.26 Å². The smallest absolute Gasteiger partial charge is 0.447 e. The highest BCUT2D eigenvalue weighted by molar-refractivity contribution is 5.93. The number of halogens is 2. The quantitative estimate of drug-likeness (QED) is 0.378. The van der Waals surface area contributed by atoms with E-state index in [0.29, 0.717) is 12.3 Å². The number of allylic oxidation sites excluding steroid dienone is 4. The van der Waals surface area contributed by atoms with Gasteiger partial charge >= 0.3 is 12.1 Å². The number of hydrogen-bond acceptors (Lipinski definition) is 8. The van der Waals surface area contributed by atoms with Gasteiger partial charge in [-0.05, 0) is 67.9 Å². The second-order valence-corrected chi connectivity index (χ2v) is 15.6. The molecule has 0 aromatic heterocycles. The van der Waals surface area contributed by atoms with Crippen molar-refractivity contribution in [1.82, 2.24) is 0 Å². The van der Waals surface area contributed by atoms with E-state index in [9.17, 15) is 24.8 Å². The van der Waals surface area contributed by atoms with E-state index in [1.165, 1.54) is 19.1 Å². The van der Waals surface area contributed by atoms with Crippen molar-refractivity contribution in [3.8, 4) is 6.07 Å². The Morgan fingerprint density at radius 1 is 1.14 bits per heavy atom. The molecule has 6 rings (SSSR count). The highest BCUT2D eigenvalue weighted by atomic mass is 19.1. The predicted molar refractivity (Wildman–Crippen MR) is 153 cm³/mol. The topological polar surface area (TPSA) is 123 Å². The van der Waals surface area contributed by atoms with Gasteiger partial charge in [0.2, 0.25) is 5.60 Å². The lowest BCUT2D eigenvalue weighted by atomic mass is 9.45. The number of carbonyl (C=O) groups excluding carboxylic acids is 3. The number of hydrogen-bond donors (Lipinski definition) is 1. The van der Waals surface area contributed by atoms with Gasteiger partial charge in [0.25, 0.3) is 0 Å². The van der Waals surface area contributed by atoms with E-state index in [0.717, 1.165) is 12.8 Å². The minimum Gasteiger partial charge on any atom is -0.447 e. The third-order valence-corrected chi connectivity index (χ3v) is 14.0. The van der Waals surface area contributed by atoms with E-state index >= 15 is 8.78 Å². The van der Waals surface area contributed by atoms with Crippen molar-refractivity contribution in [2.45, 2.75) is 110 Å². The molecule has 0 amide bonds. The number of aliphatic hydroxyl groups is 1. The zero-order valence-corrected chi connectivity index (χ0v) is 26.4. The molecule has 4 saturated carbocycles. The van der Waals surface area contributed by atoms with Crippen molar-refractivity contribution in [2.24, 2.45) is 45.3 Å². The molecule has 10 heteroatoms. The summed E-state index contributed by atoms with van der Waals surface area (Å²) in [6.45, 7) is 10.7. The number of carbonyl (C=O) groups is 3. The molecular formula is C34H43F2NO7. The molecule has 0 aliphatic heterocycles. The van der Waals surface area contributed by atoms with Crippen molar-refractivity contribution < 1.29 is 42.5 Å². The normalized spacial score (nSPS) is 48.2. The fourth-order valence-electron chi connectivity index (χ4n) is 11.0. The van der Waals surface area contributed by atoms with Gasteiger partial charge < -0.3 is 19.3 Å². The largest absolute Gasteiger partial charge is 0.509 e. The number of alkyl halides is 1. The maximum absolute atomic E-state index is 17.7. The zero-order chi connectivity index (χ0) is 32.3. The number of fused-ring (bicyclic) bond motifs is 7. The van der Waals surface area contributed by atoms with E-state index < -0.39 is 76.6 Å². The number of rotatable bonds is 4. The summed E-state index contributed by atoms with van der Waals surface area (Å²) in [5.41, 5.74) is -7.63. The van der Waals surface area contributed by atoms with Crippen LogP contribution < -0.4 is 0 Å². The van der Waals surface area contributed by atoms with Gasteiger partial charge in [0, 0.05) is 40.9 Å². The first-order valence-electron chi connectivity index (χ1n) is 15.8. The molecule has 0 aromatic rings. The van der Waals surface area contributed by atoms with Crippen LogP contribution in [0.3, 0.4) is 0 Å². The van der Waals surface area contributed by atoms with Crippen LogP contribution in [0, 0.1) is 56.7 Å². The average Bonchev–Trinajstić information content (AvgIpc) is 3.39. The number of nitriles is 1. The van der Waals surface area contributed by atoms with Crippen molar-refractivity contribution in [3.63, 3.8) is 0 Å². The molecule has 1 N–H and O–H groups in total. The van der Waals surface area contributed by atoms with Crippen molar-refractivity contribution in [3.05, 3.63) is 23.6 Å². The molecule has 11 atom stereocenters. The van der Waals surface area contributed by atoms with Gasteiger partial charge in [-0.25, -0.2) is 18.4 Å². The minimum atomic E-state index is -2.35. The highest BCUT2D eigenvalue weighted by Gasteiger charge is 2.78. The number of ether oxygens (including phenoxy) is 3. The van der Waals surface area contributed by atoms with Crippen LogP contribution in [0.1, 0.15) is 86.5 Å². The number of aliphatic hydroxyl groups excluding tert-OH is 1. The molecule has 8 nitrogen and oxygen atoms in total.